The minimum Gasteiger partial charge on any atom is -0.497 e. The molecule has 2 aromatic heterocycles. The molecule has 0 atom stereocenters. The molecule has 1 saturated carbocycles. The highest BCUT2D eigenvalue weighted by atomic mass is 16.5. The summed E-state index contributed by atoms with van der Waals surface area (Å²) in [6.45, 7) is 2.87. The maximum atomic E-state index is 12.8. The van der Waals surface area contributed by atoms with Gasteiger partial charge >= 0.3 is 6.03 Å². The number of imidazole rings is 1. The summed E-state index contributed by atoms with van der Waals surface area (Å²) in [5.74, 6) is 1.91. The van der Waals surface area contributed by atoms with Crippen LogP contribution < -0.4 is 19.7 Å². The van der Waals surface area contributed by atoms with Gasteiger partial charge in [0.05, 0.1) is 31.3 Å². The molecule has 2 fully saturated rings. The van der Waals surface area contributed by atoms with Crippen LogP contribution in [-0.2, 0) is 0 Å². The van der Waals surface area contributed by atoms with Crippen molar-refractivity contribution < 1.29 is 14.3 Å². The van der Waals surface area contributed by atoms with Crippen molar-refractivity contribution in [3.05, 3.63) is 48.4 Å². The third kappa shape index (κ3) is 3.97. The van der Waals surface area contributed by atoms with Crippen LogP contribution >= 0.6 is 0 Å². The summed E-state index contributed by atoms with van der Waals surface area (Å²) in [6, 6.07) is 9.43. The Morgan fingerprint density at radius 3 is 2.55 bits per heavy atom. The topological polar surface area (TPSA) is 71.3 Å². The van der Waals surface area contributed by atoms with E-state index >= 15 is 0 Å². The number of benzene rings is 1. The first-order valence-electron chi connectivity index (χ1n) is 10.7. The van der Waals surface area contributed by atoms with Crippen LogP contribution in [-0.4, -0.2) is 60.7 Å². The van der Waals surface area contributed by atoms with Crippen LogP contribution in [0.15, 0.2) is 42.7 Å². The van der Waals surface area contributed by atoms with Gasteiger partial charge in [-0.15, -0.1) is 0 Å². The highest BCUT2D eigenvalue weighted by molar-refractivity contribution is 5.91. The average molecular weight is 422 g/mol. The number of nitrogens with one attached hydrogen (secondary N) is 1. The van der Waals surface area contributed by atoms with E-state index < -0.39 is 0 Å². The highest BCUT2D eigenvalue weighted by Crippen LogP contribution is 2.39. The van der Waals surface area contributed by atoms with Gasteiger partial charge in [0.15, 0.2) is 0 Å². The number of carbonyl (C=O) groups is 1. The van der Waals surface area contributed by atoms with Crippen LogP contribution in [0.4, 0.5) is 16.2 Å². The van der Waals surface area contributed by atoms with E-state index in [1.807, 2.05) is 4.90 Å². The van der Waals surface area contributed by atoms with Crippen molar-refractivity contribution in [2.24, 2.45) is 0 Å². The highest BCUT2D eigenvalue weighted by Gasteiger charge is 2.26. The van der Waals surface area contributed by atoms with Gasteiger partial charge in [0.2, 0.25) is 0 Å². The van der Waals surface area contributed by atoms with Crippen molar-refractivity contribution in [1.29, 1.82) is 0 Å². The summed E-state index contributed by atoms with van der Waals surface area (Å²) in [5.41, 5.74) is 3.99. The number of amides is 2. The van der Waals surface area contributed by atoms with Gasteiger partial charge in [-0.1, -0.05) is 0 Å². The third-order valence-electron chi connectivity index (χ3n) is 6.03. The normalized spacial score (nSPS) is 16.5. The van der Waals surface area contributed by atoms with E-state index in [4.69, 9.17) is 14.5 Å². The third-order valence-corrected chi connectivity index (χ3v) is 6.03. The van der Waals surface area contributed by atoms with Gasteiger partial charge < -0.3 is 29.0 Å². The largest absolute Gasteiger partial charge is 0.497 e. The van der Waals surface area contributed by atoms with Gasteiger partial charge in [-0.3, -0.25) is 0 Å². The number of ether oxygens (including phenoxy) is 2. The van der Waals surface area contributed by atoms with Gasteiger partial charge in [-0.25, -0.2) is 9.78 Å². The molecule has 1 aromatic carbocycles. The number of piperazine rings is 1. The fraction of sp³-hybridized carbons (Fsp3) is 0.391. The predicted octanol–water partition coefficient (Wildman–Crippen LogP) is 3.58. The molecule has 8 heteroatoms. The number of hydrogen-bond donors (Lipinski definition) is 1. The Labute approximate surface area is 181 Å². The number of urea groups is 1. The number of pyridine rings is 1. The summed E-state index contributed by atoms with van der Waals surface area (Å²) in [7, 11) is 3.18. The smallest absolute Gasteiger partial charge is 0.322 e. The van der Waals surface area contributed by atoms with E-state index in [0.717, 1.165) is 24.4 Å². The molecule has 0 radical (unpaired) electrons. The van der Waals surface area contributed by atoms with E-state index in [-0.39, 0.29) is 6.03 Å². The van der Waals surface area contributed by atoms with Crippen molar-refractivity contribution in [2.45, 2.75) is 18.8 Å². The fourth-order valence-corrected chi connectivity index (χ4v) is 4.03. The van der Waals surface area contributed by atoms with Gasteiger partial charge in [-0.05, 0) is 37.1 Å². The first kappa shape index (κ1) is 19.5. The molecule has 162 valence electrons. The Hall–Kier alpha value is -3.42. The summed E-state index contributed by atoms with van der Waals surface area (Å²) < 4.78 is 12.7. The standard InChI is InChI=1S/C23H27N5O3/c1-30-18-6-7-19(21(13-18)31-2)25-23(29)27-11-9-26(10-12-27)17-5-8-22-24-20(16-3-4-16)15-28(22)14-17/h5-8,13-16H,3-4,9-12H2,1-2H3,(H,25,29). The number of hydrogen-bond acceptors (Lipinski definition) is 5. The molecule has 1 aliphatic carbocycles. The second kappa shape index (κ2) is 8.02. The number of methoxy groups -OCH3 is 2. The second-order valence-electron chi connectivity index (χ2n) is 8.06. The number of carbonyl (C=O) groups excluding carboxylic acids is 1. The molecule has 2 aliphatic rings. The first-order chi connectivity index (χ1) is 15.1. The van der Waals surface area contributed by atoms with E-state index in [9.17, 15) is 4.79 Å². The van der Waals surface area contributed by atoms with Crippen LogP contribution in [0.2, 0.25) is 0 Å². The molecule has 1 N–H and O–H groups in total. The van der Waals surface area contributed by atoms with Crippen molar-refractivity contribution in [3.63, 3.8) is 0 Å². The second-order valence-corrected chi connectivity index (χ2v) is 8.06. The maximum absolute atomic E-state index is 12.8. The summed E-state index contributed by atoms with van der Waals surface area (Å²) in [6.07, 6.45) is 6.81. The molecule has 0 bridgehead atoms. The van der Waals surface area contributed by atoms with Crippen LogP contribution in [0.3, 0.4) is 0 Å². The number of rotatable bonds is 5. The van der Waals surface area contributed by atoms with Crippen LogP contribution in [0.25, 0.3) is 5.65 Å². The zero-order valence-electron chi connectivity index (χ0n) is 17.9. The Balaban J connectivity index is 1.22. The predicted molar refractivity (Wildman–Crippen MR) is 120 cm³/mol. The van der Waals surface area contributed by atoms with Gasteiger partial charge in [0.1, 0.15) is 17.1 Å². The molecule has 5 rings (SSSR count). The molecule has 0 unspecified atom stereocenters. The number of anilines is 2. The monoisotopic (exact) mass is 421 g/mol. The van der Waals surface area contributed by atoms with E-state index in [2.05, 4.69) is 39.1 Å². The average Bonchev–Trinajstić information content (AvgIpc) is 3.58. The number of nitrogens with zero attached hydrogens (tertiary/aromatic N) is 4. The minimum absolute atomic E-state index is 0.123. The van der Waals surface area contributed by atoms with Crippen molar-refractivity contribution in [3.8, 4) is 11.5 Å². The zero-order chi connectivity index (χ0) is 21.4. The molecule has 3 aromatic rings. The lowest BCUT2D eigenvalue weighted by Crippen LogP contribution is -2.50. The number of aromatic nitrogens is 2. The molecule has 1 saturated heterocycles. The Morgan fingerprint density at radius 2 is 1.84 bits per heavy atom. The van der Waals surface area contributed by atoms with Crippen molar-refractivity contribution in [2.75, 3.05) is 50.6 Å². The van der Waals surface area contributed by atoms with E-state index in [1.54, 1.807) is 32.4 Å². The molecule has 3 heterocycles. The molecular formula is C23H27N5O3. The van der Waals surface area contributed by atoms with Crippen molar-refractivity contribution in [1.82, 2.24) is 14.3 Å². The summed E-state index contributed by atoms with van der Waals surface area (Å²) in [4.78, 5) is 21.7. The maximum Gasteiger partial charge on any atom is 0.322 e. The van der Waals surface area contributed by atoms with Gasteiger partial charge in [-0.2, -0.15) is 0 Å². The minimum atomic E-state index is -0.123. The lowest BCUT2D eigenvalue weighted by Gasteiger charge is -2.36. The van der Waals surface area contributed by atoms with Crippen molar-refractivity contribution >= 4 is 23.1 Å². The fourth-order valence-electron chi connectivity index (χ4n) is 4.03. The molecule has 8 nitrogen and oxygen atoms in total. The van der Waals surface area contributed by atoms with Crippen LogP contribution in [0.1, 0.15) is 24.5 Å². The zero-order valence-corrected chi connectivity index (χ0v) is 17.9. The molecule has 2 amide bonds. The molecule has 1 aliphatic heterocycles. The van der Waals surface area contributed by atoms with Gasteiger partial charge in [0.25, 0.3) is 0 Å². The summed E-state index contributed by atoms with van der Waals surface area (Å²) >= 11 is 0. The molecule has 31 heavy (non-hydrogen) atoms. The Morgan fingerprint density at radius 1 is 1.03 bits per heavy atom. The lowest BCUT2D eigenvalue weighted by atomic mass is 10.2. The van der Waals surface area contributed by atoms with Crippen LogP contribution in [0, 0.1) is 0 Å². The van der Waals surface area contributed by atoms with E-state index in [0.29, 0.717) is 36.2 Å². The quantitative estimate of drug-likeness (QED) is 0.682. The molecule has 0 spiro atoms. The van der Waals surface area contributed by atoms with Gasteiger partial charge in [0, 0.05) is 50.6 Å². The Kier molecular flexibility index (Phi) is 5.05. The lowest BCUT2D eigenvalue weighted by molar-refractivity contribution is 0.208. The number of fused-ring (bicyclic) bond motifs is 1. The SMILES string of the molecule is COc1ccc(NC(=O)N2CCN(c3ccc4nc(C5CC5)cn4c3)CC2)c(OC)c1. The van der Waals surface area contributed by atoms with Crippen LogP contribution in [0.5, 0.6) is 11.5 Å². The Bertz CT molecular complexity index is 1100. The summed E-state index contributed by atoms with van der Waals surface area (Å²) in [5, 5.41) is 2.96. The first-order valence-corrected chi connectivity index (χ1v) is 10.7. The van der Waals surface area contributed by atoms with E-state index in [1.165, 1.54) is 18.5 Å². The molecular weight excluding hydrogens is 394 g/mol.